The first-order valence-electron chi connectivity index (χ1n) is 5.95. The molecule has 0 aliphatic heterocycles. The molecule has 0 aliphatic carbocycles. The second-order valence-corrected chi connectivity index (χ2v) is 5.44. The van der Waals surface area contributed by atoms with Crippen molar-refractivity contribution in [3.05, 3.63) is 45.4 Å². The van der Waals surface area contributed by atoms with Gasteiger partial charge >= 0.3 is 0 Å². The average molecular weight is 276 g/mol. The molecule has 1 aromatic carbocycles. The van der Waals surface area contributed by atoms with Crippen LogP contribution in [0.25, 0.3) is 0 Å². The summed E-state index contributed by atoms with van der Waals surface area (Å²) in [6.07, 6.45) is 0. The van der Waals surface area contributed by atoms with Gasteiger partial charge in [0.25, 0.3) is 5.91 Å². The third kappa shape index (κ3) is 3.32. The van der Waals surface area contributed by atoms with Gasteiger partial charge in [-0.3, -0.25) is 4.79 Å². The standard InChI is InChI=1S/C14H16N2O2S/c1-9-13(19-10(2)16-9)8-15-14(17)11-4-6-12(18-3)7-5-11/h4-7H,8H2,1-3H3,(H,15,17). The number of benzene rings is 1. The van der Waals surface area contributed by atoms with Gasteiger partial charge in [-0.25, -0.2) is 4.98 Å². The molecule has 0 unspecified atom stereocenters. The molecule has 0 bridgehead atoms. The fourth-order valence-electron chi connectivity index (χ4n) is 1.74. The van der Waals surface area contributed by atoms with Crippen molar-refractivity contribution in [2.75, 3.05) is 7.11 Å². The first-order chi connectivity index (χ1) is 9.10. The number of methoxy groups -OCH3 is 1. The highest BCUT2D eigenvalue weighted by molar-refractivity contribution is 7.11. The predicted molar refractivity (Wildman–Crippen MR) is 75.8 cm³/mol. The number of aryl methyl sites for hydroxylation is 2. The van der Waals surface area contributed by atoms with Crippen molar-refractivity contribution in [3.8, 4) is 5.75 Å². The zero-order chi connectivity index (χ0) is 13.8. The van der Waals surface area contributed by atoms with Crippen LogP contribution in [0.5, 0.6) is 5.75 Å². The summed E-state index contributed by atoms with van der Waals surface area (Å²) in [6, 6.07) is 7.05. The van der Waals surface area contributed by atoms with Gasteiger partial charge in [-0.2, -0.15) is 0 Å². The number of nitrogens with one attached hydrogen (secondary N) is 1. The molecule has 0 atom stereocenters. The van der Waals surface area contributed by atoms with Gasteiger partial charge < -0.3 is 10.1 Å². The zero-order valence-electron chi connectivity index (χ0n) is 11.2. The molecule has 5 heteroatoms. The number of aromatic nitrogens is 1. The molecule has 0 radical (unpaired) electrons. The van der Waals surface area contributed by atoms with Crippen molar-refractivity contribution in [1.29, 1.82) is 0 Å². The van der Waals surface area contributed by atoms with Crippen LogP contribution in [0.3, 0.4) is 0 Å². The SMILES string of the molecule is COc1ccc(C(=O)NCc2sc(C)nc2C)cc1. The molecule has 1 heterocycles. The van der Waals surface area contributed by atoms with Crippen LogP contribution in [0, 0.1) is 13.8 Å². The highest BCUT2D eigenvalue weighted by Crippen LogP contribution is 2.17. The topological polar surface area (TPSA) is 51.2 Å². The Bertz CT molecular complexity index is 576. The van der Waals surface area contributed by atoms with Crippen LogP contribution in [-0.2, 0) is 6.54 Å². The number of ether oxygens (including phenoxy) is 1. The van der Waals surface area contributed by atoms with E-state index in [4.69, 9.17) is 4.74 Å². The minimum atomic E-state index is -0.0897. The first kappa shape index (κ1) is 13.5. The van der Waals surface area contributed by atoms with Crippen LogP contribution in [-0.4, -0.2) is 18.0 Å². The van der Waals surface area contributed by atoms with Crippen LogP contribution in [0.15, 0.2) is 24.3 Å². The number of amides is 1. The smallest absolute Gasteiger partial charge is 0.251 e. The van der Waals surface area contributed by atoms with Crippen LogP contribution in [0.4, 0.5) is 0 Å². The second kappa shape index (κ2) is 5.84. The number of thiazole rings is 1. The van der Waals surface area contributed by atoms with Crippen LogP contribution in [0.1, 0.15) is 25.9 Å². The summed E-state index contributed by atoms with van der Waals surface area (Å²) in [6.45, 7) is 4.44. The molecule has 0 saturated heterocycles. The lowest BCUT2D eigenvalue weighted by Gasteiger charge is -2.05. The Hall–Kier alpha value is -1.88. The molecule has 2 rings (SSSR count). The van der Waals surface area contributed by atoms with Crippen LogP contribution < -0.4 is 10.1 Å². The number of hydrogen-bond acceptors (Lipinski definition) is 4. The summed E-state index contributed by atoms with van der Waals surface area (Å²) in [5.74, 6) is 0.651. The van der Waals surface area contributed by atoms with E-state index in [1.807, 2.05) is 13.8 Å². The maximum Gasteiger partial charge on any atom is 0.251 e. The van der Waals surface area contributed by atoms with E-state index >= 15 is 0 Å². The van der Waals surface area contributed by atoms with Crippen molar-refractivity contribution in [1.82, 2.24) is 10.3 Å². The molecule has 1 amide bonds. The fraction of sp³-hybridized carbons (Fsp3) is 0.286. The molecular weight excluding hydrogens is 260 g/mol. The second-order valence-electron chi connectivity index (χ2n) is 4.15. The first-order valence-corrected chi connectivity index (χ1v) is 6.77. The van der Waals surface area contributed by atoms with Gasteiger partial charge in [-0.15, -0.1) is 11.3 Å². The molecule has 1 aromatic heterocycles. The largest absolute Gasteiger partial charge is 0.497 e. The zero-order valence-corrected chi connectivity index (χ0v) is 12.0. The third-order valence-corrected chi connectivity index (χ3v) is 3.83. The van der Waals surface area contributed by atoms with E-state index in [9.17, 15) is 4.79 Å². The Morgan fingerprint density at radius 3 is 2.53 bits per heavy atom. The van der Waals surface area contributed by atoms with Crippen LogP contribution >= 0.6 is 11.3 Å². The van der Waals surface area contributed by atoms with Gasteiger partial charge in [0.2, 0.25) is 0 Å². The number of nitrogens with zero attached hydrogens (tertiary/aromatic N) is 1. The lowest BCUT2D eigenvalue weighted by Crippen LogP contribution is -2.22. The van der Waals surface area contributed by atoms with Gasteiger partial charge in [0, 0.05) is 10.4 Å². The monoisotopic (exact) mass is 276 g/mol. The minimum absolute atomic E-state index is 0.0897. The molecule has 0 saturated carbocycles. The lowest BCUT2D eigenvalue weighted by atomic mass is 10.2. The van der Waals surface area contributed by atoms with E-state index in [1.54, 1.807) is 42.7 Å². The van der Waals surface area contributed by atoms with Crippen molar-refractivity contribution < 1.29 is 9.53 Å². The van der Waals surface area contributed by atoms with Crippen molar-refractivity contribution in [3.63, 3.8) is 0 Å². The molecule has 0 spiro atoms. The summed E-state index contributed by atoms with van der Waals surface area (Å²) in [4.78, 5) is 17.4. The Morgan fingerprint density at radius 1 is 1.32 bits per heavy atom. The van der Waals surface area contributed by atoms with Gasteiger partial charge in [0.1, 0.15) is 5.75 Å². The Morgan fingerprint density at radius 2 is 2.00 bits per heavy atom. The molecule has 19 heavy (non-hydrogen) atoms. The van der Waals surface area contributed by atoms with Gasteiger partial charge in [-0.05, 0) is 38.1 Å². The van der Waals surface area contributed by atoms with Crippen LogP contribution in [0.2, 0.25) is 0 Å². The molecule has 4 nitrogen and oxygen atoms in total. The summed E-state index contributed by atoms with van der Waals surface area (Å²) in [5, 5.41) is 3.92. The lowest BCUT2D eigenvalue weighted by molar-refractivity contribution is 0.0951. The van der Waals surface area contributed by atoms with Gasteiger partial charge in [-0.1, -0.05) is 0 Å². The summed E-state index contributed by atoms with van der Waals surface area (Å²) in [7, 11) is 1.60. The summed E-state index contributed by atoms with van der Waals surface area (Å²) < 4.78 is 5.06. The summed E-state index contributed by atoms with van der Waals surface area (Å²) >= 11 is 1.61. The van der Waals surface area contributed by atoms with E-state index in [-0.39, 0.29) is 5.91 Å². The molecular formula is C14H16N2O2S. The quantitative estimate of drug-likeness (QED) is 0.934. The van der Waals surface area contributed by atoms with E-state index in [2.05, 4.69) is 10.3 Å². The van der Waals surface area contributed by atoms with E-state index in [1.165, 1.54) is 0 Å². The Balaban J connectivity index is 1.99. The Kier molecular flexibility index (Phi) is 4.16. The van der Waals surface area contributed by atoms with E-state index < -0.39 is 0 Å². The number of hydrogen-bond donors (Lipinski definition) is 1. The van der Waals surface area contributed by atoms with Crippen molar-refractivity contribution >= 4 is 17.2 Å². The number of rotatable bonds is 4. The maximum absolute atomic E-state index is 12.0. The molecule has 1 N–H and O–H groups in total. The van der Waals surface area contributed by atoms with E-state index in [0.29, 0.717) is 12.1 Å². The highest BCUT2D eigenvalue weighted by atomic mass is 32.1. The fourth-order valence-corrected chi connectivity index (χ4v) is 2.62. The normalized spacial score (nSPS) is 10.3. The minimum Gasteiger partial charge on any atom is -0.497 e. The number of carbonyl (C=O) groups is 1. The van der Waals surface area contributed by atoms with Gasteiger partial charge in [0.15, 0.2) is 0 Å². The Labute approximate surface area is 116 Å². The third-order valence-electron chi connectivity index (χ3n) is 2.76. The molecule has 2 aromatic rings. The highest BCUT2D eigenvalue weighted by Gasteiger charge is 2.08. The van der Waals surface area contributed by atoms with E-state index in [0.717, 1.165) is 21.3 Å². The van der Waals surface area contributed by atoms with Gasteiger partial charge in [0.05, 0.1) is 24.4 Å². The molecule has 0 aliphatic rings. The van der Waals surface area contributed by atoms with Crippen molar-refractivity contribution in [2.45, 2.75) is 20.4 Å². The number of carbonyl (C=O) groups excluding carboxylic acids is 1. The predicted octanol–water partition coefficient (Wildman–Crippen LogP) is 2.70. The molecule has 0 fully saturated rings. The van der Waals surface area contributed by atoms with Crippen molar-refractivity contribution in [2.24, 2.45) is 0 Å². The average Bonchev–Trinajstić information content (AvgIpc) is 2.74. The molecule has 100 valence electrons. The maximum atomic E-state index is 12.0. The summed E-state index contributed by atoms with van der Waals surface area (Å²) in [5.41, 5.74) is 1.61.